The highest BCUT2D eigenvalue weighted by atomic mass is 16.5. The molecular formula is C18H26O2. The molecule has 1 aromatic carbocycles. The molecule has 1 aromatic rings. The number of unbranched alkanes of at least 4 members (excludes halogenated alkanes) is 3. The molecule has 0 N–H and O–H groups in total. The second-order valence-electron chi connectivity index (χ2n) is 4.90. The molecule has 0 atom stereocenters. The van der Waals surface area contributed by atoms with Crippen LogP contribution < -0.4 is 0 Å². The number of rotatable bonds is 10. The van der Waals surface area contributed by atoms with Crippen molar-refractivity contribution in [1.82, 2.24) is 0 Å². The summed E-state index contributed by atoms with van der Waals surface area (Å²) in [6.07, 6.45) is 11.6. The van der Waals surface area contributed by atoms with Crippen molar-refractivity contribution in [3.05, 3.63) is 48.0 Å². The van der Waals surface area contributed by atoms with Crippen molar-refractivity contribution in [1.29, 1.82) is 0 Å². The lowest BCUT2D eigenvalue weighted by Gasteiger charge is -2.00. The van der Waals surface area contributed by atoms with Crippen molar-refractivity contribution in [2.45, 2.75) is 51.9 Å². The number of allylic oxidation sites excluding steroid dienone is 2. The molecule has 110 valence electrons. The number of carbonyl (C=O) groups excluding carboxylic acids is 1. The molecule has 2 nitrogen and oxygen atoms in total. The van der Waals surface area contributed by atoms with Gasteiger partial charge in [0.15, 0.2) is 0 Å². The van der Waals surface area contributed by atoms with E-state index in [0.717, 1.165) is 38.5 Å². The molecule has 0 aliphatic carbocycles. The van der Waals surface area contributed by atoms with Crippen LogP contribution in [0.2, 0.25) is 0 Å². The summed E-state index contributed by atoms with van der Waals surface area (Å²) >= 11 is 0. The molecule has 1 rings (SSSR count). The number of carbonyl (C=O) groups is 1. The second-order valence-corrected chi connectivity index (χ2v) is 4.90. The lowest BCUT2D eigenvalue weighted by Crippen LogP contribution is -2.02. The maximum Gasteiger partial charge on any atom is 0.305 e. The molecule has 0 radical (unpaired) electrons. The van der Waals surface area contributed by atoms with Crippen LogP contribution in [0.15, 0.2) is 42.5 Å². The zero-order valence-electron chi connectivity index (χ0n) is 12.5. The van der Waals surface area contributed by atoms with E-state index in [1.165, 1.54) is 5.56 Å². The van der Waals surface area contributed by atoms with Gasteiger partial charge in [0.05, 0.1) is 6.61 Å². The van der Waals surface area contributed by atoms with Gasteiger partial charge in [-0.25, -0.2) is 0 Å². The molecule has 0 spiro atoms. The predicted octanol–water partition coefficient (Wildman–Crippen LogP) is 4.69. The zero-order valence-corrected chi connectivity index (χ0v) is 12.5. The quantitative estimate of drug-likeness (QED) is 0.351. The molecule has 0 bridgehead atoms. The molecule has 0 aliphatic heterocycles. The van der Waals surface area contributed by atoms with Gasteiger partial charge in [-0.15, -0.1) is 0 Å². The van der Waals surface area contributed by atoms with Gasteiger partial charge in [0.25, 0.3) is 0 Å². The third-order valence-corrected chi connectivity index (χ3v) is 3.17. The number of benzene rings is 1. The minimum Gasteiger partial charge on any atom is -0.466 e. The van der Waals surface area contributed by atoms with Crippen molar-refractivity contribution < 1.29 is 9.53 Å². The second kappa shape index (κ2) is 11.3. The Morgan fingerprint density at radius 1 is 1.05 bits per heavy atom. The average Bonchev–Trinajstić information content (AvgIpc) is 2.47. The highest BCUT2D eigenvalue weighted by molar-refractivity contribution is 5.69. The van der Waals surface area contributed by atoms with Crippen LogP contribution in [0.3, 0.4) is 0 Å². The summed E-state index contributed by atoms with van der Waals surface area (Å²) in [5, 5.41) is 0. The van der Waals surface area contributed by atoms with Gasteiger partial charge in [0.1, 0.15) is 0 Å². The molecule has 0 unspecified atom stereocenters. The first-order valence-electron chi connectivity index (χ1n) is 7.67. The highest BCUT2D eigenvalue weighted by Crippen LogP contribution is 2.06. The summed E-state index contributed by atoms with van der Waals surface area (Å²) < 4.78 is 4.89. The van der Waals surface area contributed by atoms with Crippen LogP contribution in [0, 0.1) is 0 Å². The lowest BCUT2D eigenvalue weighted by atomic mass is 10.1. The van der Waals surface area contributed by atoms with Crippen molar-refractivity contribution >= 4 is 5.97 Å². The minimum absolute atomic E-state index is 0.0640. The normalized spacial score (nSPS) is 10.8. The number of ether oxygens (including phenoxy) is 1. The number of hydrogen-bond acceptors (Lipinski definition) is 2. The fourth-order valence-electron chi connectivity index (χ4n) is 2.07. The predicted molar refractivity (Wildman–Crippen MR) is 83.6 cm³/mol. The van der Waals surface area contributed by atoms with Gasteiger partial charge in [-0.1, -0.05) is 48.9 Å². The van der Waals surface area contributed by atoms with Gasteiger partial charge in [0.2, 0.25) is 0 Å². The van der Waals surface area contributed by atoms with E-state index in [1.54, 1.807) is 0 Å². The third-order valence-electron chi connectivity index (χ3n) is 3.17. The number of aryl methyl sites for hydroxylation is 1. The summed E-state index contributed by atoms with van der Waals surface area (Å²) in [5.74, 6) is -0.0640. The summed E-state index contributed by atoms with van der Waals surface area (Å²) in [4.78, 5) is 11.1. The Kier molecular flexibility index (Phi) is 9.29. The minimum atomic E-state index is -0.0640. The van der Waals surface area contributed by atoms with Crippen LogP contribution in [0.25, 0.3) is 0 Å². The van der Waals surface area contributed by atoms with E-state index in [4.69, 9.17) is 4.74 Å². The van der Waals surface area contributed by atoms with Crippen LogP contribution in [-0.2, 0) is 16.0 Å². The molecular weight excluding hydrogens is 248 g/mol. The first kappa shape index (κ1) is 16.5. The van der Waals surface area contributed by atoms with E-state index >= 15 is 0 Å². The molecule has 20 heavy (non-hydrogen) atoms. The Morgan fingerprint density at radius 3 is 2.55 bits per heavy atom. The molecule has 0 heterocycles. The van der Waals surface area contributed by atoms with Gasteiger partial charge < -0.3 is 4.74 Å². The van der Waals surface area contributed by atoms with E-state index < -0.39 is 0 Å². The van der Waals surface area contributed by atoms with E-state index in [1.807, 2.05) is 6.92 Å². The van der Waals surface area contributed by atoms with Crippen molar-refractivity contribution in [2.75, 3.05) is 6.61 Å². The Labute approximate surface area is 122 Å². The molecule has 0 aromatic heterocycles. The van der Waals surface area contributed by atoms with Gasteiger partial charge >= 0.3 is 5.97 Å². The average molecular weight is 274 g/mol. The Morgan fingerprint density at radius 2 is 1.80 bits per heavy atom. The largest absolute Gasteiger partial charge is 0.466 e. The number of hydrogen-bond donors (Lipinski definition) is 0. The van der Waals surface area contributed by atoms with Gasteiger partial charge in [-0.3, -0.25) is 4.79 Å². The summed E-state index contributed by atoms with van der Waals surface area (Å²) in [6, 6.07) is 10.6. The van der Waals surface area contributed by atoms with Gasteiger partial charge in [-0.05, 0) is 44.6 Å². The van der Waals surface area contributed by atoms with Crippen LogP contribution in [-0.4, -0.2) is 12.6 Å². The summed E-state index contributed by atoms with van der Waals surface area (Å²) in [5.41, 5.74) is 1.39. The van der Waals surface area contributed by atoms with E-state index in [0.29, 0.717) is 13.0 Å². The Hall–Kier alpha value is -1.57. The SMILES string of the molecule is CCOC(=O)CCCCC/C=C\CCc1ccccc1. The molecule has 0 saturated heterocycles. The third kappa shape index (κ3) is 8.52. The molecule has 0 amide bonds. The first-order valence-corrected chi connectivity index (χ1v) is 7.67. The van der Waals surface area contributed by atoms with Crippen LogP contribution in [0.4, 0.5) is 0 Å². The monoisotopic (exact) mass is 274 g/mol. The van der Waals surface area contributed by atoms with Crippen molar-refractivity contribution in [2.24, 2.45) is 0 Å². The fraction of sp³-hybridized carbons (Fsp3) is 0.500. The lowest BCUT2D eigenvalue weighted by molar-refractivity contribution is -0.143. The molecule has 0 fully saturated rings. The smallest absolute Gasteiger partial charge is 0.305 e. The van der Waals surface area contributed by atoms with Crippen LogP contribution in [0.5, 0.6) is 0 Å². The standard InChI is InChI=1S/C18H26O2/c1-2-20-18(19)16-12-7-5-3-4-6-9-13-17-14-10-8-11-15-17/h4,6,8,10-11,14-15H,2-3,5,7,9,12-13,16H2,1H3/b6-4-. The fourth-order valence-corrected chi connectivity index (χ4v) is 2.07. The highest BCUT2D eigenvalue weighted by Gasteiger charge is 1.99. The molecule has 0 aliphatic rings. The van der Waals surface area contributed by atoms with E-state index in [9.17, 15) is 4.79 Å². The maximum atomic E-state index is 11.1. The van der Waals surface area contributed by atoms with Crippen LogP contribution in [0.1, 0.15) is 51.0 Å². The van der Waals surface area contributed by atoms with Gasteiger partial charge in [0, 0.05) is 6.42 Å². The summed E-state index contributed by atoms with van der Waals surface area (Å²) in [6.45, 7) is 2.33. The first-order chi connectivity index (χ1) is 9.83. The van der Waals surface area contributed by atoms with E-state index in [2.05, 4.69) is 42.5 Å². The van der Waals surface area contributed by atoms with Crippen LogP contribution >= 0.6 is 0 Å². The summed E-state index contributed by atoms with van der Waals surface area (Å²) in [7, 11) is 0. The van der Waals surface area contributed by atoms with Gasteiger partial charge in [-0.2, -0.15) is 0 Å². The molecule has 2 heteroatoms. The van der Waals surface area contributed by atoms with Crippen molar-refractivity contribution in [3.8, 4) is 0 Å². The Balaban J connectivity index is 1.93. The topological polar surface area (TPSA) is 26.3 Å². The zero-order chi connectivity index (χ0) is 14.5. The molecule has 0 saturated carbocycles. The maximum absolute atomic E-state index is 11.1. The number of esters is 1. The Bertz CT molecular complexity index is 382. The van der Waals surface area contributed by atoms with E-state index in [-0.39, 0.29) is 5.97 Å². The van der Waals surface area contributed by atoms with Crippen molar-refractivity contribution in [3.63, 3.8) is 0 Å².